The number of ether oxygens (including phenoxy) is 1. The van der Waals surface area contributed by atoms with Crippen molar-refractivity contribution in [3.05, 3.63) is 54.1 Å². The van der Waals surface area contributed by atoms with E-state index in [4.69, 9.17) is 4.74 Å². The van der Waals surface area contributed by atoms with E-state index in [1.54, 1.807) is 13.0 Å². The maximum atomic E-state index is 11.3. The van der Waals surface area contributed by atoms with Crippen LogP contribution in [0, 0.1) is 6.92 Å². The zero-order valence-electron chi connectivity index (χ0n) is 10.6. The monoisotopic (exact) mass is 240 g/mol. The summed E-state index contributed by atoms with van der Waals surface area (Å²) in [5, 5.41) is 0. The van der Waals surface area contributed by atoms with Crippen molar-refractivity contribution in [3.8, 4) is 16.9 Å². The first-order valence-electron chi connectivity index (χ1n) is 6.07. The van der Waals surface area contributed by atoms with Gasteiger partial charge in [0.2, 0.25) is 0 Å². The summed E-state index contributed by atoms with van der Waals surface area (Å²) in [6, 6.07) is 15.9. The van der Waals surface area contributed by atoms with Gasteiger partial charge < -0.3 is 4.74 Å². The molecule has 2 nitrogen and oxygen atoms in total. The number of hydrogen-bond donors (Lipinski definition) is 0. The zero-order chi connectivity index (χ0) is 13.0. The fraction of sp³-hybridized carbons (Fsp3) is 0.188. The van der Waals surface area contributed by atoms with Crippen LogP contribution in [-0.4, -0.2) is 5.97 Å². The smallest absolute Gasteiger partial charge is 0.310 e. The van der Waals surface area contributed by atoms with Gasteiger partial charge in [0.05, 0.1) is 0 Å². The number of esters is 1. The molecule has 0 aliphatic carbocycles. The molecule has 0 aliphatic rings. The molecule has 0 atom stereocenters. The lowest BCUT2D eigenvalue weighted by atomic mass is 10.0. The molecule has 0 saturated heterocycles. The normalized spacial score (nSPS) is 10.1. The van der Waals surface area contributed by atoms with E-state index in [0.29, 0.717) is 12.2 Å². The average Bonchev–Trinajstić information content (AvgIpc) is 2.40. The highest BCUT2D eigenvalue weighted by Crippen LogP contribution is 2.24. The van der Waals surface area contributed by atoms with Gasteiger partial charge in [0, 0.05) is 6.42 Å². The summed E-state index contributed by atoms with van der Waals surface area (Å²) >= 11 is 0. The van der Waals surface area contributed by atoms with E-state index in [0.717, 1.165) is 11.1 Å². The van der Waals surface area contributed by atoms with Crippen LogP contribution in [0.25, 0.3) is 11.1 Å². The maximum Gasteiger partial charge on any atom is 0.310 e. The molecule has 0 unspecified atom stereocenters. The van der Waals surface area contributed by atoms with E-state index in [2.05, 4.69) is 31.2 Å². The van der Waals surface area contributed by atoms with E-state index in [-0.39, 0.29) is 5.97 Å². The lowest BCUT2D eigenvalue weighted by Crippen LogP contribution is -2.05. The first kappa shape index (κ1) is 12.4. The SMILES string of the molecule is CCC(=O)Oc1cccc(-c2ccc(C)cc2)c1. The van der Waals surface area contributed by atoms with Crippen LogP contribution in [0.15, 0.2) is 48.5 Å². The van der Waals surface area contributed by atoms with Crippen molar-refractivity contribution in [1.82, 2.24) is 0 Å². The minimum Gasteiger partial charge on any atom is -0.427 e. The average molecular weight is 240 g/mol. The zero-order valence-corrected chi connectivity index (χ0v) is 10.6. The van der Waals surface area contributed by atoms with Crippen LogP contribution < -0.4 is 4.74 Å². The minimum atomic E-state index is -0.212. The lowest BCUT2D eigenvalue weighted by molar-refractivity contribution is -0.134. The second kappa shape index (κ2) is 5.50. The molecule has 0 N–H and O–H groups in total. The Morgan fingerprint density at radius 2 is 1.78 bits per heavy atom. The van der Waals surface area contributed by atoms with Crippen molar-refractivity contribution in [2.75, 3.05) is 0 Å². The van der Waals surface area contributed by atoms with Crippen LogP contribution in [0.3, 0.4) is 0 Å². The minimum absolute atomic E-state index is 0.212. The number of carbonyl (C=O) groups is 1. The van der Waals surface area contributed by atoms with Gasteiger partial charge in [-0.15, -0.1) is 0 Å². The van der Waals surface area contributed by atoms with Crippen LogP contribution >= 0.6 is 0 Å². The fourth-order valence-electron chi connectivity index (χ4n) is 1.69. The highest BCUT2D eigenvalue weighted by molar-refractivity contribution is 5.73. The van der Waals surface area contributed by atoms with E-state index < -0.39 is 0 Å². The first-order chi connectivity index (χ1) is 8.69. The molecule has 0 fully saturated rings. The lowest BCUT2D eigenvalue weighted by Gasteiger charge is -2.06. The van der Waals surface area contributed by atoms with Crippen molar-refractivity contribution in [2.45, 2.75) is 20.3 Å². The molecular weight excluding hydrogens is 224 g/mol. The molecule has 2 aromatic carbocycles. The Hall–Kier alpha value is -2.09. The Morgan fingerprint density at radius 3 is 2.44 bits per heavy atom. The molecule has 2 heteroatoms. The molecule has 92 valence electrons. The Morgan fingerprint density at radius 1 is 1.06 bits per heavy atom. The number of carbonyl (C=O) groups excluding carboxylic acids is 1. The summed E-state index contributed by atoms with van der Waals surface area (Å²) in [6.07, 6.45) is 0.384. The van der Waals surface area contributed by atoms with Gasteiger partial charge in [0.25, 0.3) is 0 Å². The predicted molar refractivity (Wildman–Crippen MR) is 72.5 cm³/mol. The standard InChI is InChI=1S/C16H16O2/c1-3-16(17)18-15-6-4-5-14(11-15)13-9-7-12(2)8-10-13/h4-11H,3H2,1-2H3. The number of rotatable bonds is 3. The van der Waals surface area contributed by atoms with Crippen LogP contribution in [-0.2, 0) is 4.79 Å². The van der Waals surface area contributed by atoms with Crippen LogP contribution in [0.2, 0.25) is 0 Å². The number of hydrogen-bond acceptors (Lipinski definition) is 2. The highest BCUT2D eigenvalue weighted by atomic mass is 16.5. The van der Waals surface area contributed by atoms with Crippen molar-refractivity contribution in [1.29, 1.82) is 0 Å². The summed E-state index contributed by atoms with van der Waals surface area (Å²) in [7, 11) is 0. The van der Waals surface area contributed by atoms with Crippen LogP contribution in [0.5, 0.6) is 5.75 Å². The Labute approximate surface area is 107 Å². The van der Waals surface area contributed by atoms with E-state index in [1.807, 2.05) is 18.2 Å². The molecule has 0 bridgehead atoms. The Kier molecular flexibility index (Phi) is 3.78. The van der Waals surface area contributed by atoms with Gasteiger partial charge in [-0.2, -0.15) is 0 Å². The van der Waals surface area contributed by atoms with Gasteiger partial charge in [-0.05, 0) is 30.2 Å². The molecule has 0 amide bonds. The quantitative estimate of drug-likeness (QED) is 0.599. The molecule has 0 radical (unpaired) electrons. The Bertz CT molecular complexity index is 541. The molecule has 0 aliphatic heterocycles. The fourth-order valence-corrected chi connectivity index (χ4v) is 1.69. The molecule has 0 aromatic heterocycles. The maximum absolute atomic E-state index is 11.3. The van der Waals surface area contributed by atoms with Gasteiger partial charge >= 0.3 is 5.97 Å². The van der Waals surface area contributed by atoms with Crippen molar-refractivity contribution in [2.24, 2.45) is 0 Å². The molecule has 2 rings (SSSR count). The third-order valence-corrected chi connectivity index (χ3v) is 2.74. The summed E-state index contributed by atoms with van der Waals surface area (Å²) in [4.78, 5) is 11.3. The van der Waals surface area contributed by atoms with Crippen LogP contribution in [0.1, 0.15) is 18.9 Å². The topological polar surface area (TPSA) is 26.3 Å². The van der Waals surface area contributed by atoms with Crippen molar-refractivity contribution in [3.63, 3.8) is 0 Å². The van der Waals surface area contributed by atoms with Gasteiger partial charge in [-0.1, -0.05) is 48.9 Å². The van der Waals surface area contributed by atoms with Crippen molar-refractivity contribution < 1.29 is 9.53 Å². The summed E-state index contributed by atoms with van der Waals surface area (Å²) in [5.74, 6) is 0.385. The summed E-state index contributed by atoms with van der Waals surface area (Å²) < 4.78 is 5.21. The predicted octanol–water partition coefficient (Wildman–Crippen LogP) is 3.98. The van der Waals surface area contributed by atoms with Crippen molar-refractivity contribution >= 4 is 5.97 Å². The number of benzene rings is 2. The van der Waals surface area contributed by atoms with Crippen LogP contribution in [0.4, 0.5) is 0 Å². The van der Waals surface area contributed by atoms with E-state index in [1.165, 1.54) is 5.56 Å². The van der Waals surface area contributed by atoms with E-state index >= 15 is 0 Å². The Balaban J connectivity index is 2.26. The molecule has 0 spiro atoms. The molecule has 0 heterocycles. The van der Waals surface area contributed by atoms with Gasteiger partial charge in [0.1, 0.15) is 5.75 Å². The third kappa shape index (κ3) is 2.98. The molecular formula is C16H16O2. The van der Waals surface area contributed by atoms with Gasteiger partial charge in [-0.3, -0.25) is 4.79 Å². The summed E-state index contributed by atoms with van der Waals surface area (Å²) in [5.41, 5.74) is 3.40. The molecule has 0 saturated carbocycles. The second-order valence-electron chi connectivity index (χ2n) is 4.22. The molecule has 18 heavy (non-hydrogen) atoms. The van der Waals surface area contributed by atoms with Gasteiger partial charge in [-0.25, -0.2) is 0 Å². The molecule has 2 aromatic rings. The highest BCUT2D eigenvalue weighted by Gasteiger charge is 2.03. The van der Waals surface area contributed by atoms with E-state index in [9.17, 15) is 4.79 Å². The first-order valence-corrected chi connectivity index (χ1v) is 6.07. The third-order valence-electron chi connectivity index (χ3n) is 2.74. The summed E-state index contributed by atoms with van der Waals surface area (Å²) in [6.45, 7) is 3.84. The number of aryl methyl sites for hydroxylation is 1. The van der Waals surface area contributed by atoms with Gasteiger partial charge in [0.15, 0.2) is 0 Å². The second-order valence-corrected chi connectivity index (χ2v) is 4.22. The largest absolute Gasteiger partial charge is 0.427 e.